The summed E-state index contributed by atoms with van der Waals surface area (Å²) in [6.07, 6.45) is 2.74. The standard InChI is InChI=1S/C12H18BrN3O3/c1-18-5-4-16-11(9(13)7-15-16)12(17)10-3-2-8(6-14)19-10/h7-8,10H,2-6,14H2,1H3. The summed E-state index contributed by atoms with van der Waals surface area (Å²) in [5.74, 6) is -0.0450. The van der Waals surface area contributed by atoms with E-state index in [9.17, 15) is 4.79 Å². The maximum absolute atomic E-state index is 12.5. The van der Waals surface area contributed by atoms with Gasteiger partial charge in [0, 0.05) is 13.7 Å². The summed E-state index contributed by atoms with van der Waals surface area (Å²) in [7, 11) is 1.62. The van der Waals surface area contributed by atoms with Crippen LogP contribution in [0.15, 0.2) is 10.7 Å². The molecule has 106 valence electrons. The number of methoxy groups -OCH3 is 1. The number of carbonyl (C=O) groups excluding carboxylic acids is 1. The normalized spacial score (nSPS) is 22.9. The number of nitrogens with two attached hydrogens (primary N) is 1. The van der Waals surface area contributed by atoms with E-state index in [0.717, 1.165) is 6.42 Å². The zero-order valence-electron chi connectivity index (χ0n) is 10.8. The van der Waals surface area contributed by atoms with E-state index in [1.807, 2.05) is 0 Å². The van der Waals surface area contributed by atoms with Gasteiger partial charge in [0.05, 0.1) is 29.9 Å². The summed E-state index contributed by atoms with van der Waals surface area (Å²) in [6, 6.07) is 0. The van der Waals surface area contributed by atoms with Gasteiger partial charge in [0.1, 0.15) is 11.8 Å². The van der Waals surface area contributed by atoms with E-state index >= 15 is 0 Å². The third kappa shape index (κ3) is 3.22. The van der Waals surface area contributed by atoms with Crippen molar-refractivity contribution in [3.63, 3.8) is 0 Å². The molecule has 2 unspecified atom stereocenters. The Labute approximate surface area is 120 Å². The molecule has 7 heteroatoms. The molecule has 19 heavy (non-hydrogen) atoms. The fourth-order valence-electron chi connectivity index (χ4n) is 2.18. The lowest BCUT2D eigenvalue weighted by Gasteiger charge is -2.13. The van der Waals surface area contributed by atoms with Gasteiger partial charge in [-0.25, -0.2) is 0 Å². The number of ether oxygens (including phenoxy) is 2. The van der Waals surface area contributed by atoms with Crippen molar-refractivity contribution in [3.05, 3.63) is 16.4 Å². The Hall–Kier alpha value is -0.760. The van der Waals surface area contributed by atoms with Gasteiger partial charge in [-0.2, -0.15) is 5.10 Å². The highest BCUT2D eigenvalue weighted by Gasteiger charge is 2.33. The van der Waals surface area contributed by atoms with Crippen molar-refractivity contribution in [1.82, 2.24) is 9.78 Å². The molecule has 0 amide bonds. The average Bonchev–Trinajstić information content (AvgIpc) is 3.02. The van der Waals surface area contributed by atoms with Crippen LogP contribution < -0.4 is 5.73 Å². The van der Waals surface area contributed by atoms with Crippen molar-refractivity contribution in [1.29, 1.82) is 0 Å². The van der Waals surface area contributed by atoms with Gasteiger partial charge in [-0.3, -0.25) is 9.48 Å². The number of ketones is 1. The quantitative estimate of drug-likeness (QED) is 0.786. The molecule has 0 aromatic carbocycles. The molecule has 2 rings (SSSR count). The fraction of sp³-hybridized carbons (Fsp3) is 0.667. The Morgan fingerprint density at radius 2 is 2.47 bits per heavy atom. The first kappa shape index (κ1) is 14.6. The van der Waals surface area contributed by atoms with E-state index in [-0.39, 0.29) is 11.9 Å². The van der Waals surface area contributed by atoms with Crippen LogP contribution in [0.4, 0.5) is 0 Å². The maximum Gasteiger partial charge on any atom is 0.210 e. The van der Waals surface area contributed by atoms with E-state index in [1.54, 1.807) is 18.0 Å². The van der Waals surface area contributed by atoms with Gasteiger partial charge in [-0.05, 0) is 28.8 Å². The molecule has 2 heterocycles. The molecule has 0 saturated carbocycles. The summed E-state index contributed by atoms with van der Waals surface area (Å²) in [6.45, 7) is 1.50. The first-order valence-electron chi connectivity index (χ1n) is 6.27. The number of halogens is 1. The van der Waals surface area contributed by atoms with Gasteiger partial charge < -0.3 is 15.2 Å². The third-order valence-electron chi connectivity index (χ3n) is 3.20. The molecule has 0 bridgehead atoms. The molecule has 2 atom stereocenters. The highest BCUT2D eigenvalue weighted by Crippen LogP contribution is 2.25. The Bertz CT molecular complexity index is 449. The first-order valence-corrected chi connectivity index (χ1v) is 7.06. The van der Waals surface area contributed by atoms with Gasteiger partial charge in [0.25, 0.3) is 0 Å². The summed E-state index contributed by atoms with van der Waals surface area (Å²) >= 11 is 3.36. The van der Waals surface area contributed by atoms with Crippen LogP contribution in [0.2, 0.25) is 0 Å². The minimum Gasteiger partial charge on any atom is -0.383 e. The van der Waals surface area contributed by atoms with Crippen LogP contribution in [0.3, 0.4) is 0 Å². The topological polar surface area (TPSA) is 79.4 Å². The van der Waals surface area contributed by atoms with Crippen molar-refractivity contribution in [3.8, 4) is 0 Å². The molecular weight excluding hydrogens is 314 g/mol. The summed E-state index contributed by atoms with van der Waals surface area (Å²) in [5.41, 5.74) is 6.10. The molecule has 1 aromatic heterocycles. The van der Waals surface area contributed by atoms with Crippen LogP contribution in [0, 0.1) is 0 Å². The second-order valence-corrected chi connectivity index (χ2v) is 5.34. The van der Waals surface area contributed by atoms with Crippen molar-refractivity contribution in [2.45, 2.75) is 31.6 Å². The van der Waals surface area contributed by atoms with Crippen LogP contribution in [0.1, 0.15) is 23.3 Å². The smallest absolute Gasteiger partial charge is 0.210 e. The van der Waals surface area contributed by atoms with Gasteiger partial charge in [0.2, 0.25) is 5.78 Å². The predicted octanol–water partition coefficient (Wildman–Crippen LogP) is 0.981. The molecule has 1 aliphatic rings. The third-order valence-corrected chi connectivity index (χ3v) is 3.78. The summed E-state index contributed by atoms with van der Waals surface area (Å²) in [5, 5.41) is 4.17. The lowest BCUT2D eigenvalue weighted by atomic mass is 10.1. The number of rotatable bonds is 6. The minimum absolute atomic E-state index is 0.0110. The second-order valence-electron chi connectivity index (χ2n) is 4.48. The SMILES string of the molecule is COCCn1ncc(Br)c1C(=O)C1CCC(CN)O1. The zero-order chi connectivity index (χ0) is 13.8. The molecule has 1 aromatic rings. The molecule has 0 radical (unpaired) electrons. The molecule has 2 N–H and O–H groups in total. The number of Topliss-reactive ketones (excluding diaryl/α,β-unsaturated/α-hetero) is 1. The largest absolute Gasteiger partial charge is 0.383 e. The Balaban J connectivity index is 2.12. The van der Waals surface area contributed by atoms with Gasteiger partial charge in [-0.15, -0.1) is 0 Å². The van der Waals surface area contributed by atoms with E-state index < -0.39 is 6.10 Å². The van der Waals surface area contributed by atoms with Gasteiger partial charge in [-0.1, -0.05) is 0 Å². The lowest BCUT2D eigenvalue weighted by molar-refractivity contribution is 0.0393. The van der Waals surface area contributed by atoms with E-state index in [4.69, 9.17) is 15.2 Å². The minimum atomic E-state index is -0.414. The van der Waals surface area contributed by atoms with Crippen LogP contribution in [-0.2, 0) is 16.0 Å². The number of hydrogen-bond donors (Lipinski definition) is 1. The average molecular weight is 332 g/mol. The Kier molecular flexibility index (Phi) is 5.09. The molecule has 1 fully saturated rings. The van der Waals surface area contributed by atoms with Crippen LogP contribution >= 0.6 is 15.9 Å². The van der Waals surface area contributed by atoms with Crippen LogP contribution in [-0.4, -0.2) is 48.0 Å². The zero-order valence-corrected chi connectivity index (χ0v) is 12.4. The predicted molar refractivity (Wildman–Crippen MR) is 73.1 cm³/mol. The Morgan fingerprint density at radius 1 is 1.68 bits per heavy atom. The maximum atomic E-state index is 12.5. The molecule has 0 aliphatic carbocycles. The first-order chi connectivity index (χ1) is 9.17. The van der Waals surface area contributed by atoms with Gasteiger partial charge in [0.15, 0.2) is 0 Å². The van der Waals surface area contributed by atoms with E-state index in [2.05, 4.69) is 21.0 Å². The monoisotopic (exact) mass is 331 g/mol. The molecule has 6 nitrogen and oxygen atoms in total. The molecule has 0 spiro atoms. The van der Waals surface area contributed by atoms with Crippen molar-refractivity contribution >= 4 is 21.7 Å². The van der Waals surface area contributed by atoms with Crippen molar-refractivity contribution in [2.24, 2.45) is 5.73 Å². The van der Waals surface area contributed by atoms with E-state index in [0.29, 0.717) is 36.3 Å². The number of aromatic nitrogens is 2. The van der Waals surface area contributed by atoms with Crippen LogP contribution in [0.25, 0.3) is 0 Å². The summed E-state index contributed by atoms with van der Waals surface area (Å²) < 4.78 is 13.0. The molecule has 1 saturated heterocycles. The second kappa shape index (κ2) is 6.60. The van der Waals surface area contributed by atoms with Crippen LogP contribution in [0.5, 0.6) is 0 Å². The fourth-order valence-corrected chi connectivity index (χ4v) is 2.67. The highest BCUT2D eigenvalue weighted by atomic mass is 79.9. The number of carbonyl (C=O) groups is 1. The van der Waals surface area contributed by atoms with Crippen molar-refractivity contribution < 1.29 is 14.3 Å². The van der Waals surface area contributed by atoms with Gasteiger partial charge >= 0.3 is 0 Å². The number of hydrogen-bond acceptors (Lipinski definition) is 5. The number of nitrogens with zero attached hydrogens (tertiary/aromatic N) is 2. The van der Waals surface area contributed by atoms with Crippen molar-refractivity contribution in [2.75, 3.05) is 20.3 Å². The lowest BCUT2D eigenvalue weighted by Crippen LogP contribution is -2.27. The Morgan fingerprint density at radius 3 is 3.11 bits per heavy atom. The molecular formula is C12H18BrN3O3. The van der Waals surface area contributed by atoms with E-state index in [1.165, 1.54) is 0 Å². The highest BCUT2D eigenvalue weighted by molar-refractivity contribution is 9.10. The summed E-state index contributed by atoms with van der Waals surface area (Å²) in [4.78, 5) is 12.5. The molecule has 1 aliphatic heterocycles.